The van der Waals surface area contributed by atoms with Gasteiger partial charge < -0.3 is 9.73 Å². The number of aryl methyl sites for hydroxylation is 1. The van der Waals surface area contributed by atoms with E-state index in [0.717, 1.165) is 30.5 Å². The maximum absolute atomic E-state index is 5.97. The van der Waals surface area contributed by atoms with E-state index in [0.29, 0.717) is 0 Å². The van der Waals surface area contributed by atoms with E-state index in [2.05, 4.69) is 30.1 Å². The van der Waals surface area contributed by atoms with E-state index >= 15 is 0 Å². The van der Waals surface area contributed by atoms with Crippen molar-refractivity contribution in [3.8, 4) is 0 Å². The Hall–Kier alpha value is -0.800. The summed E-state index contributed by atoms with van der Waals surface area (Å²) in [7, 11) is 1.96. The zero-order valence-electron chi connectivity index (χ0n) is 13.4. The first-order valence-electron chi connectivity index (χ1n) is 8.18. The van der Waals surface area contributed by atoms with E-state index < -0.39 is 0 Å². The molecule has 1 aliphatic rings. The Balaban J connectivity index is 1.88. The number of rotatable bonds is 6. The summed E-state index contributed by atoms with van der Waals surface area (Å²) in [4.78, 5) is 2.57. The average Bonchev–Trinajstić information content (AvgIpc) is 2.62. The number of likely N-dealkylation sites (tertiary alicyclic amines) is 1. The van der Waals surface area contributed by atoms with Gasteiger partial charge in [-0.25, -0.2) is 0 Å². The second-order valence-electron chi connectivity index (χ2n) is 6.21. The van der Waals surface area contributed by atoms with Gasteiger partial charge in [-0.2, -0.15) is 0 Å². The Labute approximate surface area is 123 Å². The summed E-state index contributed by atoms with van der Waals surface area (Å²) in [5, 5.41) is 3.16. The molecule has 0 amide bonds. The lowest BCUT2D eigenvalue weighted by atomic mass is 9.96. The number of nitrogens with zero attached hydrogens (tertiary/aromatic N) is 1. The molecule has 1 aromatic heterocycles. The smallest absolute Gasteiger partial charge is 0.120 e. The van der Waals surface area contributed by atoms with Crippen molar-refractivity contribution >= 4 is 0 Å². The van der Waals surface area contributed by atoms with Gasteiger partial charge in [0.25, 0.3) is 0 Å². The van der Waals surface area contributed by atoms with Crippen molar-refractivity contribution in [1.82, 2.24) is 10.2 Å². The molecule has 0 spiro atoms. The Morgan fingerprint density at radius 1 is 1.35 bits per heavy atom. The van der Waals surface area contributed by atoms with Crippen LogP contribution < -0.4 is 5.32 Å². The van der Waals surface area contributed by atoms with Gasteiger partial charge in [-0.3, -0.25) is 4.90 Å². The van der Waals surface area contributed by atoms with Crippen molar-refractivity contribution in [2.24, 2.45) is 5.92 Å². The topological polar surface area (TPSA) is 28.4 Å². The molecule has 1 aliphatic heterocycles. The molecule has 3 nitrogen and oxygen atoms in total. The largest absolute Gasteiger partial charge is 0.463 e. The van der Waals surface area contributed by atoms with Crippen LogP contribution in [0.5, 0.6) is 0 Å². The van der Waals surface area contributed by atoms with Gasteiger partial charge in [0.05, 0.1) is 13.1 Å². The molecule has 20 heavy (non-hydrogen) atoms. The maximum Gasteiger partial charge on any atom is 0.120 e. The zero-order chi connectivity index (χ0) is 14.4. The van der Waals surface area contributed by atoms with Gasteiger partial charge in [0.1, 0.15) is 11.5 Å². The van der Waals surface area contributed by atoms with E-state index in [1.807, 2.05) is 7.05 Å². The lowest BCUT2D eigenvalue weighted by Gasteiger charge is -2.18. The molecule has 1 unspecified atom stereocenters. The SMILES string of the molecule is CCCC1CCCN(Cc2cc(C)c(CNC)o2)CC1. The van der Waals surface area contributed by atoms with Crippen LogP contribution >= 0.6 is 0 Å². The second-order valence-corrected chi connectivity index (χ2v) is 6.21. The molecule has 0 saturated carbocycles. The maximum atomic E-state index is 5.97. The fourth-order valence-electron chi connectivity index (χ4n) is 3.30. The van der Waals surface area contributed by atoms with Gasteiger partial charge in [0.2, 0.25) is 0 Å². The van der Waals surface area contributed by atoms with E-state index in [-0.39, 0.29) is 0 Å². The van der Waals surface area contributed by atoms with Gasteiger partial charge in [0, 0.05) is 0 Å². The molecule has 0 aromatic carbocycles. The molecular formula is C17H30N2O. The Kier molecular flexibility index (Phi) is 6.11. The van der Waals surface area contributed by atoms with E-state index in [1.165, 1.54) is 50.8 Å². The average molecular weight is 278 g/mol. The van der Waals surface area contributed by atoms with Crippen LogP contribution in [0.15, 0.2) is 10.5 Å². The van der Waals surface area contributed by atoms with Crippen molar-refractivity contribution in [3.05, 3.63) is 23.2 Å². The minimum atomic E-state index is 0.824. The number of hydrogen-bond acceptors (Lipinski definition) is 3. The highest BCUT2D eigenvalue weighted by Crippen LogP contribution is 2.23. The van der Waals surface area contributed by atoms with Crippen LogP contribution in [0.2, 0.25) is 0 Å². The second kappa shape index (κ2) is 7.84. The normalized spacial score (nSPS) is 21.1. The van der Waals surface area contributed by atoms with Gasteiger partial charge in [-0.1, -0.05) is 19.8 Å². The minimum Gasteiger partial charge on any atom is -0.463 e. The summed E-state index contributed by atoms with van der Waals surface area (Å²) in [5.41, 5.74) is 1.27. The Morgan fingerprint density at radius 3 is 2.95 bits per heavy atom. The molecule has 3 heteroatoms. The van der Waals surface area contributed by atoms with Crippen LogP contribution in [0.25, 0.3) is 0 Å². The minimum absolute atomic E-state index is 0.824. The molecular weight excluding hydrogens is 248 g/mol. The highest BCUT2D eigenvalue weighted by molar-refractivity contribution is 5.20. The summed E-state index contributed by atoms with van der Waals surface area (Å²) >= 11 is 0. The van der Waals surface area contributed by atoms with Crippen molar-refractivity contribution in [3.63, 3.8) is 0 Å². The zero-order valence-corrected chi connectivity index (χ0v) is 13.4. The lowest BCUT2D eigenvalue weighted by molar-refractivity contribution is 0.246. The first-order valence-corrected chi connectivity index (χ1v) is 8.18. The third kappa shape index (κ3) is 4.35. The fraction of sp³-hybridized carbons (Fsp3) is 0.765. The predicted octanol–water partition coefficient (Wildman–Crippen LogP) is 3.71. The molecule has 0 aliphatic carbocycles. The van der Waals surface area contributed by atoms with Crippen LogP contribution in [0.1, 0.15) is 56.1 Å². The van der Waals surface area contributed by atoms with Crippen molar-refractivity contribution < 1.29 is 4.42 Å². The summed E-state index contributed by atoms with van der Waals surface area (Å²) < 4.78 is 5.97. The third-order valence-corrected chi connectivity index (χ3v) is 4.43. The van der Waals surface area contributed by atoms with Gasteiger partial charge in [-0.15, -0.1) is 0 Å². The highest BCUT2D eigenvalue weighted by Gasteiger charge is 2.18. The Morgan fingerprint density at radius 2 is 2.20 bits per heavy atom. The molecule has 1 fully saturated rings. The fourth-order valence-corrected chi connectivity index (χ4v) is 3.30. The van der Waals surface area contributed by atoms with Gasteiger partial charge in [0.15, 0.2) is 0 Å². The quantitative estimate of drug-likeness (QED) is 0.860. The van der Waals surface area contributed by atoms with Gasteiger partial charge >= 0.3 is 0 Å². The molecule has 0 radical (unpaired) electrons. The first kappa shape index (κ1) is 15.6. The Bertz CT molecular complexity index is 400. The number of furan rings is 1. The molecule has 1 atom stereocenters. The standard InChI is InChI=1S/C17H30N2O/c1-4-6-15-7-5-9-19(10-8-15)13-16-11-14(2)17(20-16)12-18-3/h11,15,18H,4-10,12-13H2,1-3H3. The molecule has 2 rings (SSSR count). The highest BCUT2D eigenvalue weighted by atomic mass is 16.3. The van der Waals surface area contributed by atoms with Gasteiger partial charge in [-0.05, 0) is 63.9 Å². The third-order valence-electron chi connectivity index (χ3n) is 4.43. The van der Waals surface area contributed by atoms with Crippen molar-refractivity contribution in [2.75, 3.05) is 20.1 Å². The van der Waals surface area contributed by atoms with Crippen molar-refractivity contribution in [2.45, 2.75) is 59.0 Å². The summed E-state index contributed by atoms with van der Waals surface area (Å²) in [5.74, 6) is 3.16. The van der Waals surface area contributed by atoms with Crippen LogP contribution in [0.4, 0.5) is 0 Å². The number of hydrogen-bond donors (Lipinski definition) is 1. The van der Waals surface area contributed by atoms with E-state index in [4.69, 9.17) is 4.42 Å². The summed E-state index contributed by atoms with van der Waals surface area (Å²) in [6, 6.07) is 2.21. The molecule has 1 aromatic rings. The van der Waals surface area contributed by atoms with Crippen LogP contribution in [0.3, 0.4) is 0 Å². The molecule has 0 bridgehead atoms. The predicted molar refractivity (Wildman–Crippen MR) is 83.7 cm³/mol. The molecule has 1 saturated heterocycles. The van der Waals surface area contributed by atoms with Crippen LogP contribution in [0, 0.1) is 12.8 Å². The first-order chi connectivity index (χ1) is 9.72. The monoisotopic (exact) mass is 278 g/mol. The van der Waals surface area contributed by atoms with Crippen LogP contribution in [-0.4, -0.2) is 25.0 Å². The number of nitrogens with one attached hydrogen (secondary N) is 1. The van der Waals surface area contributed by atoms with E-state index in [9.17, 15) is 0 Å². The van der Waals surface area contributed by atoms with Crippen LogP contribution in [-0.2, 0) is 13.1 Å². The summed E-state index contributed by atoms with van der Waals surface area (Å²) in [6.45, 7) is 8.69. The van der Waals surface area contributed by atoms with Crippen molar-refractivity contribution in [1.29, 1.82) is 0 Å². The summed E-state index contributed by atoms with van der Waals surface area (Å²) in [6.07, 6.45) is 6.84. The molecule has 1 N–H and O–H groups in total. The molecule has 2 heterocycles. The lowest BCUT2D eigenvalue weighted by Crippen LogP contribution is -2.24. The van der Waals surface area contributed by atoms with E-state index in [1.54, 1.807) is 0 Å². The molecule has 114 valence electrons.